The maximum absolute atomic E-state index is 9.20. The van der Waals surface area contributed by atoms with Crippen LogP contribution in [0, 0.1) is 13.8 Å². The van der Waals surface area contributed by atoms with Gasteiger partial charge in [0.05, 0.1) is 24.7 Å². The molecule has 4 aliphatic carbocycles. The summed E-state index contributed by atoms with van der Waals surface area (Å²) in [6.45, 7) is 70.6. The Labute approximate surface area is 942 Å². The van der Waals surface area contributed by atoms with Gasteiger partial charge in [0.25, 0.3) is 0 Å². The summed E-state index contributed by atoms with van der Waals surface area (Å²) in [4.78, 5) is 0. The monoisotopic (exact) mass is 2010 g/mol. The molecule has 792 valence electrons. The Hall–Kier alpha value is -10.9. The molecule has 0 radical (unpaired) electrons. The lowest BCUT2D eigenvalue weighted by molar-refractivity contribution is 0.420. The van der Waals surface area contributed by atoms with Crippen LogP contribution in [0.5, 0.6) is 0 Å². The van der Waals surface area contributed by atoms with Crippen molar-refractivity contribution in [2.75, 3.05) is 0 Å². The standard InChI is InChI=1S/C38H54.2C23H24.2C22H34.C22H22/c1-34(2,3)27-19-25(20-28(23-27)35(4,5)6)31-17-16-18-32(33(31)38(13,14)15)26-21-29(36(7,8)9)24-30(22-26)37(10,11)12;1-17-13-15-19(16-14-17)21-12-8-11-20(22(21)23(2,3)4)18-9-6-5-7-10-18;1-17-10-12-19(13-11-17)21-14-20(18-8-6-5-7-9-18)15-22(16-21)23(2,3)4;2*1-22(2,3)21-19(17-11-6-4-7-12-17)15-10-16-20(21)18-13-8-5-9-14-18;1-22(2,3)21-15-19(17-10-6-4-7-11-17)14-20(16-21)18-12-8-5-9-13-18/h16-24H,1-15H3;2*5-16H,1-4H3;2*10,15-18H,4-9,11-14H2,1-3H3;4-16H,1-3H3/i;5D,6D,7D,9D,10D,13D,14D,15D,16D;5D,6D,7D,8D,9D,10D,11D,12D,13D;17D,18D;;. The van der Waals surface area contributed by atoms with Crippen LogP contribution in [-0.4, -0.2) is 0 Å². The first-order chi connectivity index (χ1) is 78.8. The highest BCUT2D eigenvalue weighted by molar-refractivity contribution is 5.84. The fraction of sp³-hybridized carbons (Fsp3) is 0.440. The molecule has 4 fully saturated rings. The normalized spacial score (nSPS) is 17.4. The SMILES string of the molecule is CC(C)(C)c1c(C2CCCCC2)cccc1C1CCCCC1.CC(C)(C)c1cc(-c2cccc(-c3cc(C(C)(C)C)cc(C(C)(C)C)c3)c2C(C)(C)C)cc(C(C)(C)C)c1.CC(C)(C)c1cc(-c2ccccc2)cc(-c2ccccc2)c1.[2H]C1(c2cccc(C3([2H])CCCCC3)c2C(C)(C)C)CCCCC1.[2H]c1c([2H])c([2H])c(-c2cc(-c3c([2H])c([2H])c(C)c([2H])c3[2H])cc(C(C)(C)C)c2)c([2H])c1[2H].[2H]c1c([2H])c([2H])c(-c2cccc(-c3c([2H])c([2H])c(C)c([2H])c3[2H])c2C(C)(C)C)c([2H])c1[2H]. The van der Waals surface area contributed by atoms with Gasteiger partial charge in [-0.1, -0.05) is 599 Å². The molecule has 150 heavy (non-hydrogen) atoms. The topological polar surface area (TPSA) is 0 Å². The van der Waals surface area contributed by atoms with Crippen LogP contribution < -0.4 is 0 Å². The van der Waals surface area contributed by atoms with Gasteiger partial charge in [0.15, 0.2) is 0 Å². The van der Waals surface area contributed by atoms with E-state index in [4.69, 9.17) is 24.7 Å². The van der Waals surface area contributed by atoms with E-state index >= 15 is 0 Å². The lowest BCUT2D eigenvalue weighted by atomic mass is 9.70. The van der Waals surface area contributed by atoms with Gasteiger partial charge in [0, 0.05) is 2.74 Å². The minimum atomic E-state index is -0.608. The van der Waals surface area contributed by atoms with Gasteiger partial charge in [-0.05, 0) is 322 Å². The molecule has 0 aliphatic heterocycles. The van der Waals surface area contributed by atoms with E-state index < -0.39 is 53.5 Å². The molecule has 4 saturated carbocycles. The molecule has 0 N–H and O–H groups in total. The van der Waals surface area contributed by atoms with Crippen molar-refractivity contribution in [1.82, 2.24) is 0 Å². The third kappa shape index (κ3) is 31.2. The van der Waals surface area contributed by atoms with E-state index in [1.807, 2.05) is 41.5 Å². The van der Waals surface area contributed by atoms with Crippen molar-refractivity contribution < 1.29 is 27.4 Å². The van der Waals surface area contributed by atoms with Crippen LogP contribution in [-0.2, 0) is 54.1 Å². The minimum absolute atomic E-state index is 0.0110. The Balaban J connectivity index is 0.000000169. The lowest BCUT2D eigenvalue weighted by Gasteiger charge is -2.35. The molecule has 18 rings (SSSR count). The Morgan fingerprint density at radius 3 is 0.700 bits per heavy atom. The second-order valence-corrected chi connectivity index (χ2v) is 53.4. The van der Waals surface area contributed by atoms with Crippen LogP contribution in [0.25, 0.3) is 89.0 Å². The van der Waals surface area contributed by atoms with E-state index in [9.17, 15) is 2.74 Å². The molecule has 0 nitrogen and oxygen atoms in total. The van der Waals surface area contributed by atoms with Gasteiger partial charge in [-0.15, -0.1) is 0 Å². The van der Waals surface area contributed by atoms with Crippen molar-refractivity contribution in [3.8, 4) is 89.0 Å². The molecule has 0 amide bonds. The Bertz CT molecular complexity index is 7400. The predicted octanol–water partition coefficient (Wildman–Crippen LogP) is 45.2. The summed E-state index contributed by atoms with van der Waals surface area (Å²) in [6, 6.07) is 68.4. The van der Waals surface area contributed by atoms with Crippen molar-refractivity contribution >= 4 is 0 Å². The van der Waals surface area contributed by atoms with Crippen molar-refractivity contribution in [2.24, 2.45) is 0 Å². The van der Waals surface area contributed by atoms with Gasteiger partial charge in [-0.2, -0.15) is 0 Å². The summed E-state index contributed by atoms with van der Waals surface area (Å²) >= 11 is 0. The first kappa shape index (κ1) is 90.6. The second-order valence-electron chi connectivity index (χ2n) is 53.4. The number of benzene rings is 14. The van der Waals surface area contributed by atoms with Crippen molar-refractivity contribution in [2.45, 2.75) is 428 Å². The summed E-state index contributed by atoms with van der Waals surface area (Å²) in [6.07, 6.45) is 25.4. The van der Waals surface area contributed by atoms with E-state index in [2.05, 4.69) is 336 Å². The molecule has 4 aliphatic rings. The molecule has 0 heteroatoms. The average Bonchev–Trinajstić information content (AvgIpc) is 0.735. The molecule has 14 aromatic rings. The lowest BCUT2D eigenvalue weighted by Crippen LogP contribution is -2.22. The number of rotatable bonds is 12. The highest BCUT2D eigenvalue weighted by Crippen LogP contribution is 2.51. The Morgan fingerprint density at radius 2 is 0.407 bits per heavy atom. The molecule has 0 saturated heterocycles. The van der Waals surface area contributed by atoms with E-state index in [1.54, 1.807) is 53.1 Å². The molecular formula is C150H192. The number of hydrogen-bond donors (Lipinski definition) is 0. The third-order valence-electron chi connectivity index (χ3n) is 30.5. The van der Waals surface area contributed by atoms with Gasteiger partial charge in [0.1, 0.15) is 0 Å². The zero-order valence-corrected chi connectivity index (χ0v) is 97.9. The maximum atomic E-state index is 9.20. The van der Waals surface area contributed by atoms with E-state index in [1.165, 1.54) is 211 Å². The van der Waals surface area contributed by atoms with Gasteiger partial charge in [-0.3, -0.25) is 0 Å². The zero-order valence-electron chi connectivity index (χ0n) is 118. The highest BCUT2D eigenvalue weighted by atomic mass is 14.4. The molecule has 0 unspecified atom stereocenters. The summed E-state index contributed by atoms with van der Waals surface area (Å²) < 4.78 is 167. The molecule has 0 heterocycles. The third-order valence-corrected chi connectivity index (χ3v) is 30.5. The average molecular weight is 2020 g/mol. The second kappa shape index (κ2) is 49.4. The van der Waals surface area contributed by atoms with Crippen LogP contribution in [0.15, 0.2) is 315 Å². The van der Waals surface area contributed by atoms with Gasteiger partial charge in [0.2, 0.25) is 0 Å². The molecule has 0 bridgehead atoms. The van der Waals surface area contributed by atoms with Gasteiger partial charge < -0.3 is 0 Å². The molecular weight excluding hydrogens is 1800 g/mol. The van der Waals surface area contributed by atoms with Crippen LogP contribution >= 0.6 is 0 Å². The van der Waals surface area contributed by atoms with Gasteiger partial charge in [-0.25, -0.2) is 0 Å². The van der Waals surface area contributed by atoms with E-state index in [0.29, 0.717) is 27.8 Å². The van der Waals surface area contributed by atoms with Crippen molar-refractivity contribution in [1.29, 1.82) is 0 Å². The molecule has 0 aromatic heterocycles. The summed E-state index contributed by atoms with van der Waals surface area (Å²) in [7, 11) is 0. The molecule has 0 atom stereocenters. The quantitative estimate of drug-likeness (QED) is 0.114. The largest absolute Gasteiger partial charge is 0.0629 e. The highest BCUT2D eigenvalue weighted by Gasteiger charge is 2.36. The molecule has 14 aromatic carbocycles. The van der Waals surface area contributed by atoms with Crippen molar-refractivity contribution in [3.05, 3.63) is 404 Å². The first-order valence-electron chi connectivity index (χ1n) is 66.4. The maximum Gasteiger partial charge on any atom is 0.0629 e. The molecule has 0 spiro atoms. The first-order valence-corrected chi connectivity index (χ1v) is 56.4. The summed E-state index contributed by atoms with van der Waals surface area (Å²) in [5.74, 6) is 0.766. The fourth-order valence-corrected chi connectivity index (χ4v) is 22.1. The van der Waals surface area contributed by atoms with Crippen molar-refractivity contribution in [3.63, 3.8) is 0 Å². The minimum Gasteiger partial charge on any atom is -0.0622 e. The van der Waals surface area contributed by atoms with Crippen LogP contribution in [0.2, 0.25) is 0 Å². The van der Waals surface area contributed by atoms with Crippen LogP contribution in [0.1, 0.15) is 476 Å². The smallest absolute Gasteiger partial charge is 0.0622 e. The van der Waals surface area contributed by atoms with Crippen LogP contribution in [0.4, 0.5) is 0 Å². The Morgan fingerprint density at radius 1 is 0.180 bits per heavy atom. The van der Waals surface area contributed by atoms with Gasteiger partial charge >= 0.3 is 0 Å². The fourth-order valence-electron chi connectivity index (χ4n) is 22.1. The number of hydrogen-bond acceptors (Lipinski definition) is 0. The summed E-state index contributed by atoms with van der Waals surface area (Å²) in [5.41, 5.74) is 31.3. The summed E-state index contributed by atoms with van der Waals surface area (Å²) in [5, 5.41) is 0. The zero-order chi connectivity index (χ0) is 126. The van der Waals surface area contributed by atoms with Crippen LogP contribution in [0.3, 0.4) is 0 Å². The predicted molar refractivity (Wildman–Crippen MR) is 662 cm³/mol. The van der Waals surface area contributed by atoms with E-state index in [0.717, 1.165) is 43.1 Å². The Kier molecular flexibility index (Phi) is 29.9. The van der Waals surface area contributed by atoms with E-state index in [-0.39, 0.29) is 155 Å².